The van der Waals surface area contributed by atoms with Crippen LogP contribution in [0.1, 0.15) is 47.0 Å². The monoisotopic (exact) mass is 318 g/mol. The predicted molar refractivity (Wildman–Crippen MR) is 96.2 cm³/mol. The first-order valence-corrected chi connectivity index (χ1v) is 9.19. The number of fused-ring (bicyclic) bond motifs is 1. The van der Waals surface area contributed by atoms with Crippen LogP contribution in [0.2, 0.25) is 0 Å². The summed E-state index contributed by atoms with van der Waals surface area (Å²) in [5.41, 5.74) is 4.20. The van der Waals surface area contributed by atoms with E-state index in [2.05, 4.69) is 25.2 Å². The lowest BCUT2D eigenvalue weighted by molar-refractivity contribution is -0.124. The number of amides is 1. The van der Waals surface area contributed by atoms with Crippen LogP contribution in [0.25, 0.3) is 0 Å². The molecule has 0 aromatic heterocycles. The lowest BCUT2D eigenvalue weighted by atomic mass is 10.1. The van der Waals surface area contributed by atoms with Crippen LogP contribution >= 0.6 is 11.8 Å². The normalized spacial score (nSPS) is 25.6. The van der Waals surface area contributed by atoms with Gasteiger partial charge >= 0.3 is 0 Å². The fourth-order valence-corrected chi connectivity index (χ4v) is 3.93. The van der Waals surface area contributed by atoms with Gasteiger partial charge in [-0.15, -0.1) is 0 Å². The molecule has 2 aliphatic carbocycles. The fraction of sp³-hybridized carbons (Fsp3) is 0.556. The number of rotatable bonds is 1. The Kier molecular flexibility index (Phi) is 6.07. The largest absolute Gasteiger partial charge is 0.291 e. The molecule has 0 radical (unpaired) electrons. The second-order valence-corrected chi connectivity index (χ2v) is 6.62. The van der Waals surface area contributed by atoms with E-state index in [9.17, 15) is 4.79 Å². The molecule has 3 rings (SSSR count). The molecule has 1 unspecified atom stereocenters. The van der Waals surface area contributed by atoms with Crippen molar-refractivity contribution in [2.24, 2.45) is 4.99 Å². The molecule has 4 heteroatoms. The first-order valence-electron chi connectivity index (χ1n) is 8.20. The maximum atomic E-state index is 11.6. The Bertz CT molecular complexity index is 557. The van der Waals surface area contributed by atoms with E-state index in [-0.39, 0.29) is 11.9 Å². The lowest BCUT2D eigenvalue weighted by Crippen LogP contribution is -2.30. The standard InChI is InChI=1S/C16H20N2OS.C2H6/c1-11-3-5-13-6-8-15(14(13)7-4-11)17-16-18(12(2)19)9-10-20-16;1-2/h4-5,7,15H,3,6,8-10H2,1-2H3;1-2H3. The molecule has 1 atom stereocenters. The Hall–Kier alpha value is -1.29. The van der Waals surface area contributed by atoms with Gasteiger partial charge in [0.15, 0.2) is 5.17 Å². The van der Waals surface area contributed by atoms with Crippen molar-refractivity contribution in [3.63, 3.8) is 0 Å². The molecule has 0 bridgehead atoms. The molecule has 1 saturated heterocycles. The molecule has 22 heavy (non-hydrogen) atoms. The summed E-state index contributed by atoms with van der Waals surface area (Å²) in [6, 6.07) is 0.228. The number of allylic oxidation sites excluding steroid dienone is 4. The highest BCUT2D eigenvalue weighted by Gasteiger charge is 2.29. The Morgan fingerprint density at radius 2 is 2.14 bits per heavy atom. The molecule has 0 N–H and O–H groups in total. The second kappa shape index (κ2) is 7.82. The van der Waals surface area contributed by atoms with E-state index in [1.54, 1.807) is 18.7 Å². The van der Waals surface area contributed by atoms with Crippen LogP contribution in [0, 0.1) is 0 Å². The van der Waals surface area contributed by atoms with Crippen LogP contribution in [0.15, 0.2) is 39.9 Å². The van der Waals surface area contributed by atoms with E-state index in [4.69, 9.17) is 4.99 Å². The number of thioether (sulfide) groups is 1. The van der Waals surface area contributed by atoms with Gasteiger partial charge in [0.05, 0.1) is 6.04 Å². The molecule has 2 fully saturated rings. The van der Waals surface area contributed by atoms with Crippen LogP contribution in [0.5, 0.6) is 0 Å². The number of aliphatic imine (C=N–C) groups is 1. The number of carbonyl (C=O) groups is 1. The molecule has 1 aliphatic heterocycles. The van der Waals surface area contributed by atoms with Gasteiger partial charge < -0.3 is 0 Å². The van der Waals surface area contributed by atoms with Gasteiger partial charge in [-0.05, 0) is 37.3 Å². The summed E-state index contributed by atoms with van der Waals surface area (Å²) in [6.07, 6.45) is 10.0. The van der Waals surface area contributed by atoms with Gasteiger partial charge in [-0.3, -0.25) is 14.7 Å². The zero-order valence-corrected chi connectivity index (χ0v) is 14.9. The smallest absolute Gasteiger partial charge is 0.225 e. The fourth-order valence-electron chi connectivity index (χ4n) is 2.90. The van der Waals surface area contributed by atoms with Gasteiger partial charge in [0.25, 0.3) is 0 Å². The second-order valence-electron chi connectivity index (χ2n) is 5.55. The lowest BCUT2D eigenvalue weighted by Gasteiger charge is -2.15. The Balaban J connectivity index is 0.000000847. The molecule has 0 aromatic rings. The van der Waals surface area contributed by atoms with Gasteiger partial charge in [-0.1, -0.05) is 49.4 Å². The molecule has 1 saturated carbocycles. The maximum absolute atomic E-state index is 11.6. The van der Waals surface area contributed by atoms with Gasteiger partial charge in [0.2, 0.25) is 5.91 Å². The first kappa shape index (κ1) is 17.1. The summed E-state index contributed by atoms with van der Waals surface area (Å²) in [4.78, 5) is 18.3. The van der Waals surface area contributed by atoms with E-state index < -0.39 is 0 Å². The van der Waals surface area contributed by atoms with Gasteiger partial charge in [-0.2, -0.15) is 0 Å². The topological polar surface area (TPSA) is 32.7 Å². The van der Waals surface area contributed by atoms with Crippen molar-refractivity contribution in [1.82, 2.24) is 4.90 Å². The highest BCUT2D eigenvalue weighted by molar-refractivity contribution is 8.14. The molecule has 0 spiro atoms. The zero-order chi connectivity index (χ0) is 16.1. The molecule has 3 aliphatic rings. The SMILES string of the molecule is CC.CC(=O)N1CCSC1=NC1CCC2=CCC(C)=CC=C21. The highest BCUT2D eigenvalue weighted by atomic mass is 32.2. The summed E-state index contributed by atoms with van der Waals surface area (Å²) in [6.45, 7) is 8.59. The number of hydrogen-bond donors (Lipinski definition) is 0. The first-order chi connectivity index (χ1) is 10.6. The van der Waals surface area contributed by atoms with E-state index in [1.807, 2.05) is 18.7 Å². The predicted octanol–water partition coefficient (Wildman–Crippen LogP) is 4.33. The maximum Gasteiger partial charge on any atom is 0.225 e. The summed E-state index contributed by atoms with van der Waals surface area (Å²) in [7, 11) is 0. The average Bonchev–Trinajstić information content (AvgIpc) is 3.08. The number of hydrogen-bond acceptors (Lipinski definition) is 3. The minimum absolute atomic E-state index is 0.105. The molecule has 120 valence electrons. The number of amidine groups is 1. The third-order valence-electron chi connectivity index (χ3n) is 4.06. The molecular weight excluding hydrogens is 292 g/mol. The van der Waals surface area contributed by atoms with Crippen molar-refractivity contribution in [3.8, 4) is 0 Å². The Morgan fingerprint density at radius 3 is 2.86 bits per heavy atom. The van der Waals surface area contributed by atoms with Crippen molar-refractivity contribution in [1.29, 1.82) is 0 Å². The Labute approximate surface area is 138 Å². The summed E-state index contributed by atoms with van der Waals surface area (Å²) < 4.78 is 0. The molecule has 3 nitrogen and oxygen atoms in total. The van der Waals surface area contributed by atoms with E-state index >= 15 is 0 Å². The highest BCUT2D eigenvalue weighted by Crippen LogP contribution is 2.36. The van der Waals surface area contributed by atoms with Crippen molar-refractivity contribution < 1.29 is 4.79 Å². The van der Waals surface area contributed by atoms with E-state index in [0.717, 1.165) is 36.7 Å². The van der Waals surface area contributed by atoms with Gasteiger partial charge in [-0.25, -0.2) is 0 Å². The van der Waals surface area contributed by atoms with Crippen LogP contribution in [0.3, 0.4) is 0 Å². The minimum atomic E-state index is 0.105. The van der Waals surface area contributed by atoms with E-state index in [0.29, 0.717) is 0 Å². The molecule has 1 heterocycles. The number of nitrogens with zero attached hydrogens (tertiary/aromatic N) is 2. The van der Waals surface area contributed by atoms with Crippen LogP contribution in [0.4, 0.5) is 0 Å². The molecular formula is C18H26N2OS. The van der Waals surface area contributed by atoms with Crippen molar-refractivity contribution >= 4 is 22.8 Å². The van der Waals surface area contributed by atoms with Crippen LogP contribution < -0.4 is 0 Å². The quantitative estimate of drug-likeness (QED) is 0.721. The molecule has 0 aromatic carbocycles. The third-order valence-corrected chi connectivity index (χ3v) is 5.03. The summed E-state index contributed by atoms with van der Waals surface area (Å²) in [5, 5.41) is 0.912. The van der Waals surface area contributed by atoms with Crippen LogP contribution in [-0.4, -0.2) is 34.3 Å². The van der Waals surface area contributed by atoms with E-state index in [1.165, 1.54) is 16.7 Å². The van der Waals surface area contributed by atoms with Gasteiger partial charge in [0.1, 0.15) is 0 Å². The Morgan fingerprint density at radius 1 is 1.36 bits per heavy atom. The summed E-state index contributed by atoms with van der Waals surface area (Å²) >= 11 is 1.70. The number of carbonyl (C=O) groups excluding carboxylic acids is 1. The van der Waals surface area contributed by atoms with Crippen molar-refractivity contribution in [3.05, 3.63) is 34.9 Å². The minimum Gasteiger partial charge on any atom is -0.291 e. The summed E-state index contributed by atoms with van der Waals surface area (Å²) in [5.74, 6) is 1.07. The third kappa shape index (κ3) is 3.72. The van der Waals surface area contributed by atoms with Crippen LogP contribution in [-0.2, 0) is 4.79 Å². The van der Waals surface area contributed by atoms with Crippen molar-refractivity contribution in [2.45, 2.75) is 53.0 Å². The average molecular weight is 318 g/mol. The van der Waals surface area contributed by atoms with Gasteiger partial charge in [0, 0.05) is 19.2 Å². The van der Waals surface area contributed by atoms with Crippen molar-refractivity contribution in [2.75, 3.05) is 12.3 Å². The molecule has 1 amide bonds. The zero-order valence-electron chi connectivity index (χ0n) is 14.1.